The summed E-state index contributed by atoms with van der Waals surface area (Å²) >= 11 is 1.57. The maximum atomic E-state index is 13.4. The number of likely N-dealkylation sites (tertiary alicyclic amines) is 1. The number of thiophene rings is 1. The molecular formula is C21H27N3O3S. The van der Waals surface area contributed by atoms with Crippen LogP contribution in [-0.2, 0) is 9.53 Å². The zero-order valence-electron chi connectivity index (χ0n) is 16.4. The number of benzene rings is 1. The van der Waals surface area contributed by atoms with Gasteiger partial charge in [-0.1, -0.05) is 18.2 Å². The zero-order valence-corrected chi connectivity index (χ0v) is 17.3. The van der Waals surface area contributed by atoms with Crippen LogP contribution in [-0.4, -0.2) is 67.5 Å². The molecule has 2 amide bonds. The zero-order chi connectivity index (χ0) is 19.7. The van der Waals surface area contributed by atoms with E-state index in [0.29, 0.717) is 19.7 Å². The monoisotopic (exact) mass is 401 g/mol. The second-order valence-corrected chi connectivity index (χ2v) is 8.78. The maximum Gasteiger partial charge on any atom is 0.264 e. The number of rotatable bonds is 3. The first-order valence-corrected chi connectivity index (χ1v) is 10.7. The number of ether oxygens (including phenoxy) is 1. The molecule has 1 N–H and O–H groups in total. The topological polar surface area (TPSA) is 61.9 Å². The van der Waals surface area contributed by atoms with Crippen molar-refractivity contribution in [3.8, 4) is 0 Å². The summed E-state index contributed by atoms with van der Waals surface area (Å²) in [7, 11) is 2.10. The summed E-state index contributed by atoms with van der Waals surface area (Å²) in [4.78, 5) is 29.7. The van der Waals surface area contributed by atoms with Gasteiger partial charge in [0.15, 0.2) is 0 Å². The Morgan fingerprint density at radius 2 is 1.93 bits per heavy atom. The standard InChI is InChI=1S/C21H27N3O3S/c1-14(25)22-15-7-9-24(10-8-15)21(26)20-19(17-13-23(2)11-12-27-17)16-5-3-4-6-18(16)28-20/h3-6,15,17H,7-13H2,1-2H3,(H,22,25). The van der Waals surface area contributed by atoms with Gasteiger partial charge < -0.3 is 19.9 Å². The summed E-state index contributed by atoms with van der Waals surface area (Å²) < 4.78 is 7.22. The van der Waals surface area contributed by atoms with Gasteiger partial charge in [0.1, 0.15) is 0 Å². The third kappa shape index (κ3) is 3.92. The molecule has 28 heavy (non-hydrogen) atoms. The Morgan fingerprint density at radius 1 is 1.18 bits per heavy atom. The Balaban J connectivity index is 1.60. The molecule has 0 aliphatic carbocycles. The van der Waals surface area contributed by atoms with E-state index in [-0.39, 0.29) is 24.0 Å². The van der Waals surface area contributed by atoms with Crippen LogP contribution in [0.5, 0.6) is 0 Å². The number of amides is 2. The third-order valence-electron chi connectivity index (χ3n) is 5.61. The van der Waals surface area contributed by atoms with Crippen LogP contribution in [0.4, 0.5) is 0 Å². The molecule has 4 rings (SSSR count). The number of hydrogen-bond donors (Lipinski definition) is 1. The number of carbonyl (C=O) groups excluding carboxylic acids is 2. The minimum absolute atomic E-state index is 0.00450. The molecule has 3 heterocycles. The minimum Gasteiger partial charge on any atom is -0.371 e. The molecule has 0 radical (unpaired) electrons. The summed E-state index contributed by atoms with van der Waals surface area (Å²) in [6, 6.07) is 8.38. The Hall–Kier alpha value is -1.96. The number of fused-ring (bicyclic) bond motifs is 1. The number of carbonyl (C=O) groups is 2. The van der Waals surface area contributed by atoms with Gasteiger partial charge in [-0.15, -0.1) is 11.3 Å². The Labute approximate surface area is 169 Å². The highest BCUT2D eigenvalue weighted by Gasteiger charge is 2.32. The Morgan fingerprint density at radius 3 is 2.64 bits per heavy atom. The van der Waals surface area contributed by atoms with Crippen LogP contribution >= 0.6 is 11.3 Å². The Bertz CT molecular complexity index is 873. The number of nitrogens with one attached hydrogen (secondary N) is 1. The molecule has 1 aromatic carbocycles. The summed E-state index contributed by atoms with van der Waals surface area (Å²) in [5, 5.41) is 4.10. The van der Waals surface area contributed by atoms with E-state index in [1.807, 2.05) is 17.0 Å². The lowest BCUT2D eigenvalue weighted by atomic mass is 10.0. The second-order valence-electron chi connectivity index (χ2n) is 7.73. The molecule has 1 unspecified atom stereocenters. The predicted molar refractivity (Wildman–Crippen MR) is 111 cm³/mol. The molecule has 0 spiro atoms. The van der Waals surface area contributed by atoms with E-state index in [1.165, 1.54) is 0 Å². The quantitative estimate of drug-likeness (QED) is 0.859. The van der Waals surface area contributed by atoms with Gasteiger partial charge in [0.2, 0.25) is 5.91 Å². The molecule has 2 aliphatic heterocycles. The van der Waals surface area contributed by atoms with E-state index in [2.05, 4.69) is 29.4 Å². The van der Waals surface area contributed by atoms with Crippen molar-refractivity contribution < 1.29 is 14.3 Å². The van der Waals surface area contributed by atoms with Crippen molar-refractivity contribution in [1.82, 2.24) is 15.1 Å². The third-order valence-corrected chi connectivity index (χ3v) is 6.78. The molecule has 2 aliphatic rings. The highest BCUT2D eigenvalue weighted by Crippen LogP contribution is 2.39. The lowest BCUT2D eigenvalue weighted by Crippen LogP contribution is -2.46. The van der Waals surface area contributed by atoms with Crippen LogP contribution in [0.3, 0.4) is 0 Å². The average molecular weight is 402 g/mol. The Kier molecular flexibility index (Phi) is 5.66. The van der Waals surface area contributed by atoms with Crippen molar-refractivity contribution in [2.45, 2.75) is 31.9 Å². The lowest BCUT2D eigenvalue weighted by molar-refractivity contribution is -0.119. The van der Waals surface area contributed by atoms with E-state index in [0.717, 1.165) is 46.5 Å². The van der Waals surface area contributed by atoms with Crippen LogP contribution in [0.1, 0.15) is 41.1 Å². The van der Waals surface area contributed by atoms with E-state index in [4.69, 9.17) is 4.74 Å². The predicted octanol–water partition coefficient (Wildman–Crippen LogP) is 2.65. The van der Waals surface area contributed by atoms with Crippen LogP contribution in [0.25, 0.3) is 10.1 Å². The molecule has 0 saturated carbocycles. The maximum absolute atomic E-state index is 13.4. The van der Waals surface area contributed by atoms with Gasteiger partial charge in [0, 0.05) is 49.4 Å². The summed E-state index contributed by atoms with van der Waals surface area (Å²) in [6.07, 6.45) is 1.52. The molecule has 1 aromatic heterocycles. The van der Waals surface area contributed by atoms with Gasteiger partial charge >= 0.3 is 0 Å². The van der Waals surface area contributed by atoms with Crippen LogP contribution < -0.4 is 5.32 Å². The first-order chi connectivity index (χ1) is 13.5. The SMILES string of the molecule is CC(=O)NC1CCN(C(=O)c2sc3ccccc3c2C2CN(C)CCO2)CC1. The number of piperidine rings is 1. The fraction of sp³-hybridized carbons (Fsp3) is 0.524. The van der Waals surface area contributed by atoms with E-state index in [1.54, 1.807) is 18.3 Å². The fourth-order valence-electron chi connectivity index (χ4n) is 4.15. The first-order valence-electron chi connectivity index (χ1n) is 9.91. The van der Waals surface area contributed by atoms with Gasteiger partial charge in [0.05, 0.1) is 17.6 Å². The molecule has 7 heteroatoms. The van der Waals surface area contributed by atoms with E-state index >= 15 is 0 Å². The molecule has 1 atom stereocenters. The molecule has 2 fully saturated rings. The summed E-state index contributed by atoms with van der Waals surface area (Å²) in [5.74, 6) is 0.0874. The van der Waals surface area contributed by atoms with Gasteiger partial charge in [0.25, 0.3) is 5.91 Å². The summed E-state index contributed by atoms with van der Waals surface area (Å²) in [5.41, 5.74) is 1.04. The van der Waals surface area contributed by atoms with Crippen molar-refractivity contribution in [2.75, 3.05) is 39.8 Å². The van der Waals surface area contributed by atoms with Crippen LogP contribution in [0.15, 0.2) is 24.3 Å². The highest BCUT2D eigenvalue weighted by atomic mass is 32.1. The van der Waals surface area contributed by atoms with Crippen molar-refractivity contribution in [3.63, 3.8) is 0 Å². The largest absolute Gasteiger partial charge is 0.371 e. The molecular weight excluding hydrogens is 374 g/mol. The molecule has 2 aromatic rings. The number of hydrogen-bond acceptors (Lipinski definition) is 5. The van der Waals surface area contributed by atoms with E-state index in [9.17, 15) is 9.59 Å². The van der Waals surface area contributed by atoms with E-state index < -0.39 is 0 Å². The van der Waals surface area contributed by atoms with Gasteiger partial charge in [-0.05, 0) is 31.3 Å². The van der Waals surface area contributed by atoms with Gasteiger partial charge in [-0.25, -0.2) is 0 Å². The normalized spacial score (nSPS) is 21.8. The number of likely N-dealkylation sites (N-methyl/N-ethyl adjacent to an activating group) is 1. The van der Waals surface area contributed by atoms with Crippen LogP contribution in [0.2, 0.25) is 0 Å². The lowest BCUT2D eigenvalue weighted by Gasteiger charge is -2.33. The number of morpholine rings is 1. The van der Waals surface area contributed by atoms with Crippen molar-refractivity contribution in [2.24, 2.45) is 0 Å². The number of nitrogens with zero attached hydrogens (tertiary/aromatic N) is 2. The first kappa shape index (κ1) is 19.4. The van der Waals surface area contributed by atoms with Crippen LogP contribution in [0, 0.1) is 0 Å². The molecule has 150 valence electrons. The van der Waals surface area contributed by atoms with Gasteiger partial charge in [-0.3, -0.25) is 9.59 Å². The highest BCUT2D eigenvalue weighted by molar-refractivity contribution is 7.21. The van der Waals surface area contributed by atoms with Crippen molar-refractivity contribution in [1.29, 1.82) is 0 Å². The van der Waals surface area contributed by atoms with Gasteiger partial charge in [-0.2, -0.15) is 0 Å². The average Bonchev–Trinajstić information content (AvgIpc) is 3.07. The molecule has 2 saturated heterocycles. The molecule has 6 nitrogen and oxygen atoms in total. The molecule has 0 bridgehead atoms. The smallest absolute Gasteiger partial charge is 0.264 e. The van der Waals surface area contributed by atoms with Crippen molar-refractivity contribution >= 4 is 33.2 Å². The summed E-state index contributed by atoms with van der Waals surface area (Å²) in [6.45, 7) is 5.28. The fourth-order valence-corrected chi connectivity index (χ4v) is 5.38. The second kappa shape index (κ2) is 8.19. The van der Waals surface area contributed by atoms with Crippen molar-refractivity contribution in [3.05, 3.63) is 34.7 Å². The minimum atomic E-state index is -0.0780.